The van der Waals surface area contributed by atoms with Gasteiger partial charge in [0, 0.05) is 49.5 Å². The molecule has 0 radical (unpaired) electrons. The van der Waals surface area contributed by atoms with Crippen molar-refractivity contribution < 1.29 is 0 Å². The fourth-order valence-electron chi connectivity index (χ4n) is 2.85. The van der Waals surface area contributed by atoms with E-state index < -0.39 is 0 Å². The van der Waals surface area contributed by atoms with Crippen molar-refractivity contribution in [1.29, 1.82) is 0 Å². The molecule has 0 bridgehead atoms. The summed E-state index contributed by atoms with van der Waals surface area (Å²) in [4.78, 5) is 13.7. The van der Waals surface area contributed by atoms with Crippen molar-refractivity contribution in [1.82, 2.24) is 9.97 Å². The van der Waals surface area contributed by atoms with E-state index in [0.717, 1.165) is 48.7 Å². The van der Waals surface area contributed by atoms with Crippen molar-refractivity contribution in [2.24, 2.45) is 0 Å². The van der Waals surface area contributed by atoms with Gasteiger partial charge in [0.15, 0.2) is 0 Å². The Morgan fingerprint density at radius 1 is 1.17 bits per heavy atom. The lowest BCUT2D eigenvalue weighted by molar-refractivity contribution is 0.646. The summed E-state index contributed by atoms with van der Waals surface area (Å²) in [5, 5.41) is 4.01. The van der Waals surface area contributed by atoms with Gasteiger partial charge in [-0.05, 0) is 25.1 Å². The van der Waals surface area contributed by atoms with Gasteiger partial charge in [0.05, 0.1) is 0 Å². The van der Waals surface area contributed by atoms with Crippen LogP contribution in [0.5, 0.6) is 0 Å². The van der Waals surface area contributed by atoms with Crippen LogP contribution in [0.3, 0.4) is 0 Å². The molecule has 0 saturated carbocycles. The maximum absolute atomic E-state index is 6.10. The molecule has 5 nitrogen and oxygen atoms in total. The minimum absolute atomic E-state index is 0.693. The number of nitrogens with one attached hydrogen (secondary N) is 1. The van der Waals surface area contributed by atoms with Crippen LogP contribution in [0.15, 0.2) is 43.0 Å². The van der Waals surface area contributed by atoms with E-state index in [1.165, 1.54) is 5.69 Å². The molecule has 126 valence electrons. The number of hydrogen-bond donors (Lipinski definition) is 1. The third-order valence-corrected chi connectivity index (χ3v) is 4.26. The normalized spacial score (nSPS) is 14.6. The number of hydrogen-bond acceptors (Lipinski definition) is 5. The van der Waals surface area contributed by atoms with Gasteiger partial charge in [0.1, 0.15) is 17.5 Å². The van der Waals surface area contributed by atoms with Gasteiger partial charge in [0.25, 0.3) is 0 Å². The van der Waals surface area contributed by atoms with E-state index in [4.69, 9.17) is 11.6 Å². The van der Waals surface area contributed by atoms with E-state index in [2.05, 4.69) is 37.7 Å². The second kappa shape index (κ2) is 7.53. The summed E-state index contributed by atoms with van der Waals surface area (Å²) >= 11 is 6.10. The molecule has 0 atom stereocenters. The van der Waals surface area contributed by atoms with Crippen LogP contribution < -0.4 is 15.1 Å². The van der Waals surface area contributed by atoms with Crippen LogP contribution in [0.25, 0.3) is 0 Å². The summed E-state index contributed by atoms with van der Waals surface area (Å²) in [5.41, 5.74) is 1.18. The average molecular weight is 344 g/mol. The largest absolute Gasteiger partial charge is 0.368 e. The number of piperazine rings is 1. The minimum atomic E-state index is 0.693. The van der Waals surface area contributed by atoms with Crippen LogP contribution >= 0.6 is 11.6 Å². The topological polar surface area (TPSA) is 44.3 Å². The van der Waals surface area contributed by atoms with Crippen LogP contribution in [0, 0.1) is 6.92 Å². The fraction of sp³-hybridized carbons (Fsp3) is 0.333. The molecule has 24 heavy (non-hydrogen) atoms. The van der Waals surface area contributed by atoms with Crippen molar-refractivity contribution in [3.05, 3.63) is 53.8 Å². The van der Waals surface area contributed by atoms with E-state index in [0.29, 0.717) is 6.54 Å². The smallest absolute Gasteiger partial charge is 0.134 e. The molecule has 2 heterocycles. The Balaban J connectivity index is 1.68. The molecule has 0 spiro atoms. The zero-order valence-electron chi connectivity index (χ0n) is 13.9. The highest BCUT2D eigenvalue weighted by Crippen LogP contribution is 2.23. The van der Waals surface area contributed by atoms with Crippen LogP contribution in [-0.2, 0) is 0 Å². The van der Waals surface area contributed by atoms with E-state index in [-0.39, 0.29) is 0 Å². The van der Waals surface area contributed by atoms with E-state index >= 15 is 0 Å². The Labute approximate surface area is 148 Å². The molecular formula is C18H22ClN5. The SMILES string of the molecule is C=CCNc1cc(N2CCN(c3cccc(Cl)c3)CC2)nc(C)n1. The van der Waals surface area contributed by atoms with Crippen LogP contribution in [0.1, 0.15) is 5.82 Å². The Morgan fingerprint density at radius 2 is 1.92 bits per heavy atom. The molecule has 3 rings (SSSR count). The third kappa shape index (κ3) is 3.97. The summed E-state index contributed by atoms with van der Waals surface area (Å²) < 4.78 is 0. The molecular weight excluding hydrogens is 322 g/mol. The lowest BCUT2D eigenvalue weighted by Crippen LogP contribution is -2.46. The lowest BCUT2D eigenvalue weighted by Gasteiger charge is -2.37. The molecule has 1 fully saturated rings. The number of benzene rings is 1. The maximum Gasteiger partial charge on any atom is 0.134 e. The second-order valence-corrected chi connectivity index (χ2v) is 6.22. The Hall–Kier alpha value is -2.27. The molecule has 1 saturated heterocycles. The number of aromatic nitrogens is 2. The Bertz CT molecular complexity index is 710. The summed E-state index contributed by atoms with van der Waals surface area (Å²) in [7, 11) is 0. The predicted octanol–water partition coefficient (Wildman–Crippen LogP) is 3.36. The molecule has 2 aromatic rings. The number of rotatable bonds is 5. The summed E-state index contributed by atoms with van der Waals surface area (Å²) in [6.45, 7) is 10.1. The maximum atomic E-state index is 6.10. The first-order valence-corrected chi connectivity index (χ1v) is 8.49. The molecule has 0 aliphatic carbocycles. The summed E-state index contributed by atoms with van der Waals surface area (Å²) in [6.07, 6.45) is 1.82. The number of anilines is 3. The van der Waals surface area contributed by atoms with E-state index in [1.54, 1.807) is 0 Å². The first kappa shape index (κ1) is 16.6. The second-order valence-electron chi connectivity index (χ2n) is 5.78. The van der Waals surface area contributed by atoms with Crippen molar-refractivity contribution in [2.45, 2.75) is 6.92 Å². The number of halogens is 1. The van der Waals surface area contributed by atoms with Crippen molar-refractivity contribution in [3.8, 4) is 0 Å². The van der Waals surface area contributed by atoms with Crippen molar-refractivity contribution in [3.63, 3.8) is 0 Å². The highest BCUT2D eigenvalue weighted by atomic mass is 35.5. The quantitative estimate of drug-likeness (QED) is 0.843. The monoisotopic (exact) mass is 343 g/mol. The highest BCUT2D eigenvalue weighted by Gasteiger charge is 2.19. The summed E-state index contributed by atoms with van der Waals surface area (Å²) in [5.74, 6) is 2.59. The average Bonchev–Trinajstić information content (AvgIpc) is 2.60. The predicted molar refractivity (Wildman–Crippen MR) is 101 cm³/mol. The first-order valence-electron chi connectivity index (χ1n) is 8.11. The third-order valence-electron chi connectivity index (χ3n) is 4.03. The van der Waals surface area contributed by atoms with Gasteiger partial charge < -0.3 is 15.1 Å². The van der Waals surface area contributed by atoms with Crippen molar-refractivity contribution >= 4 is 28.9 Å². The number of aryl methyl sites for hydroxylation is 1. The molecule has 1 aromatic carbocycles. The van der Waals surface area contributed by atoms with Gasteiger partial charge in [0.2, 0.25) is 0 Å². The molecule has 1 aliphatic rings. The zero-order valence-corrected chi connectivity index (χ0v) is 14.6. The Morgan fingerprint density at radius 3 is 2.62 bits per heavy atom. The highest BCUT2D eigenvalue weighted by molar-refractivity contribution is 6.30. The van der Waals surface area contributed by atoms with Gasteiger partial charge in [-0.1, -0.05) is 23.7 Å². The van der Waals surface area contributed by atoms with Gasteiger partial charge in [-0.2, -0.15) is 0 Å². The Kier molecular flexibility index (Phi) is 5.20. The fourth-order valence-corrected chi connectivity index (χ4v) is 3.03. The van der Waals surface area contributed by atoms with E-state index in [1.807, 2.05) is 37.3 Å². The first-order chi connectivity index (χ1) is 11.7. The van der Waals surface area contributed by atoms with Crippen LogP contribution in [0.2, 0.25) is 5.02 Å². The van der Waals surface area contributed by atoms with Crippen LogP contribution in [0.4, 0.5) is 17.3 Å². The molecule has 1 aromatic heterocycles. The van der Waals surface area contributed by atoms with Gasteiger partial charge in [-0.25, -0.2) is 9.97 Å². The van der Waals surface area contributed by atoms with Crippen LogP contribution in [-0.4, -0.2) is 42.7 Å². The van der Waals surface area contributed by atoms with Gasteiger partial charge >= 0.3 is 0 Å². The standard InChI is InChI=1S/C18H22ClN5/c1-3-7-20-17-13-18(22-14(2)21-17)24-10-8-23(9-11-24)16-6-4-5-15(19)12-16/h3-6,12-13H,1,7-11H2,2H3,(H,20,21,22). The van der Waals surface area contributed by atoms with Gasteiger partial charge in [-0.3, -0.25) is 0 Å². The summed E-state index contributed by atoms with van der Waals surface area (Å²) in [6, 6.07) is 10.0. The zero-order chi connectivity index (χ0) is 16.9. The number of nitrogens with zero attached hydrogens (tertiary/aromatic N) is 4. The van der Waals surface area contributed by atoms with Crippen molar-refractivity contribution in [2.75, 3.05) is 47.8 Å². The van der Waals surface area contributed by atoms with Gasteiger partial charge in [-0.15, -0.1) is 6.58 Å². The molecule has 1 aliphatic heterocycles. The molecule has 0 amide bonds. The molecule has 0 unspecified atom stereocenters. The lowest BCUT2D eigenvalue weighted by atomic mass is 10.2. The van der Waals surface area contributed by atoms with E-state index in [9.17, 15) is 0 Å². The minimum Gasteiger partial charge on any atom is -0.368 e. The molecule has 6 heteroatoms. The molecule has 1 N–H and O–H groups in total.